The van der Waals surface area contributed by atoms with Crippen LogP contribution in [0.5, 0.6) is 0 Å². The molecule has 1 unspecified atom stereocenters. The van der Waals surface area contributed by atoms with Crippen LogP contribution in [0.2, 0.25) is 0 Å². The number of sulfonamides is 1. The first-order valence-corrected chi connectivity index (χ1v) is 9.35. The molecule has 1 rings (SSSR count). The second kappa shape index (κ2) is 8.29. The second-order valence-electron chi connectivity index (χ2n) is 5.91. The van der Waals surface area contributed by atoms with Crippen LogP contribution >= 0.6 is 0 Å². The van der Waals surface area contributed by atoms with Crippen molar-refractivity contribution in [3.8, 4) is 0 Å². The number of hydrogen-bond acceptors (Lipinski definition) is 3. The van der Waals surface area contributed by atoms with E-state index in [2.05, 4.69) is 5.32 Å². The highest BCUT2D eigenvalue weighted by atomic mass is 32.2. The minimum Gasteiger partial charge on any atom is -0.356 e. The standard InChI is InChI=1S/C16H26N2O3S/c1-13(2)12-17-16(19)10-11-18(22(4,20)21)14(3)15-8-6-5-7-9-15/h5-9,13-14H,10-12H2,1-4H3,(H,17,19). The van der Waals surface area contributed by atoms with Gasteiger partial charge in [-0.25, -0.2) is 8.42 Å². The molecule has 0 fully saturated rings. The Bertz CT molecular complexity index is 570. The molecule has 1 N–H and O–H groups in total. The zero-order valence-electron chi connectivity index (χ0n) is 13.7. The molecule has 0 saturated carbocycles. The van der Waals surface area contributed by atoms with Crippen LogP contribution in [0.3, 0.4) is 0 Å². The third kappa shape index (κ3) is 6.15. The van der Waals surface area contributed by atoms with Gasteiger partial charge in [0.1, 0.15) is 0 Å². The summed E-state index contributed by atoms with van der Waals surface area (Å²) < 4.78 is 25.4. The normalized spacial score (nSPS) is 13.4. The van der Waals surface area contributed by atoms with Crippen LogP contribution in [-0.2, 0) is 14.8 Å². The molecule has 124 valence electrons. The van der Waals surface area contributed by atoms with Crippen molar-refractivity contribution in [3.63, 3.8) is 0 Å². The second-order valence-corrected chi connectivity index (χ2v) is 7.84. The summed E-state index contributed by atoms with van der Waals surface area (Å²) in [6, 6.07) is 9.13. The molecule has 0 heterocycles. The number of nitrogens with zero attached hydrogens (tertiary/aromatic N) is 1. The summed E-state index contributed by atoms with van der Waals surface area (Å²) in [5.41, 5.74) is 0.913. The van der Waals surface area contributed by atoms with Gasteiger partial charge >= 0.3 is 0 Å². The number of benzene rings is 1. The fraction of sp³-hybridized carbons (Fsp3) is 0.562. The Morgan fingerprint density at radius 2 is 1.77 bits per heavy atom. The summed E-state index contributed by atoms with van der Waals surface area (Å²) in [6.45, 7) is 6.65. The molecule has 0 spiro atoms. The molecule has 5 nitrogen and oxygen atoms in total. The van der Waals surface area contributed by atoms with Crippen molar-refractivity contribution < 1.29 is 13.2 Å². The summed E-state index contributed by atoms with van der Waals surface area (Å²) in [7, 11) is -3.39. The summed E-state index contributed by atoms with van der Waals surface area (Å²) in [4.78, 5) is 11.8. The Hall–Kier alpha value is -1.40. The number of rotatable bonds is 8. The first-order chi connectivity index (χ1) is 10.2. The predicted molar refractivity (Wildman–Crippen MR) is 88.9 cm³/mol. The van der Waals surface area contributed by atoms with Gasteiger partial charge in [0.2, 0.25) is 15.9 Å². The first-order valence-electron chi connectivity index (χ1n) is 7.50. The SMILES string of the molecule is CC(C)CNC(=O)CCN(C(C)c1ccccc1)S(C)(=O)=O. The average molecular weight is 326 g/mol. The van der Waals surface area contributed by atoms with Crippen molar-refractivity contribution in [2.75, 3.05) is 19.3 Å². The Morgan fingerprint density at radius 3 is 2.27 bits per heavy atom. The van der Waals surface area contributed by atoms with Gasteiger partial charge in [0.25, 0.3) is 0 Å². The van der Waals surface area contributed by atoms with E-state index in [-0.39, 0.29) is 24.9 Å². The quantitative estimate of drug-likeness (QED) is 0.796. The van der Waals surface area contributed by atoms with Crippen molar-refractivity contribution in [2.45, 2.75) is 33.2 Å². The molecule has 0 aliphatic heterocycles. The molecule has 1 aromatic rings. The maximum Gasteiger partial charge on any atom is 0.221 e. The monoisotopic (exact) mass is 326 g/mol. The molecule has 0 aliphatic carbocycles. The van der Waals surface area contributed by atoms with Crippen molar-refractivity contribution in [3.05, 3.63) is 35.9 Å². The van der Waals surface area contributed by atoms with Gasteiger partial charge in [0.15, 0.2) is 0 Å². The van der Waals surface area contributed by atoms with Gasteiger partial charge in [0, 0.05) is 25.6 Å². The smallest absolute Gasteiger partial charge is 0.221 e. The number of amides is 1. The number of hydrogen-bond donors (Lipinski definition) is 1. The zero-order valence-corrected chi connectivity index (χ0v) is 14.6. The first kappa shape index (κ1) is 18.6. The topological polar surface area (TPSA) is 66.5 Å². The zero-order chi connectivity index (χ0) is 16.8. The van der Waals surface area contributed by atoms with Crippen molar-refractivity contribution in [1.82, 2.24) is 9.62 Å². The summed E-state index contributed by atoms with van der Waals surface area (Å²) in [5, 5.41) is 2.81. The molecular weight excluding hydrogens is 300 g/mol. The molecule has 0 radical (unpaired) electrons. The lowest BCUT2D eigenvalue weighted by molar-refractivity contribution is -0.121. The summed E-state index contributed by atoms with van der Waals surface area (Å²) in [5.74, 6) is 0.251. The molecular formula is C16H26N2O3S. The summed E-state index contributed by atoms with van der Waals surface area (Å²) >= 11 is 0. The Labute approximate surface area is 133 Å². The van der Waals surface area contributed by atoms with Crippen molar-refractivity contribution in [1.29, 1.82) is 0 Å². The van der Waals surface area contributed by atoms with Gasteiger partial charge in [-0.05, 0) is 18.4 Å². The average Bonchev–Trinajstić information content (AvgIpc) is 2.44. The maximum absolute atomic E-state index is 12.0. The lowest BCUT2D eigenvalue weighted by Gasteiger charge is -2.27. The van der Waals surface area contributed by atoms with E-state index in [0.29, 0.717) is 12.5 Å². The lowest BCUT2D eigenvalue weighted by atomic mass is 10.1. The maximum atomic E-state index is 12.0. The molecule has 0 aromatic heterocycles. The van der Waals surface area contributed by atoms with E-state index in [4.69, 9.17) is 0 Å². The van der Waals surface area contributed by atoms with Gasteiger partial charge in [-0.15, -0.1) is 0 Å². The predicted octanol–water partition coefficient (Wildman–Crippen LogP) is 2.17. The van der Waals surface area contributed by atoms with Gasteiger partial charge in [-0.3, -0.25) is 4.79 Å². The summed E-state index contributed by atoms with van der Waals surface area (Å²) in [6.07, 6.45) is 1.34. The van der Waals surface area contributed by atoms with Gasteiger partial charge in [0.05, 0.1) is 6.26 Å². The number of carbonyl (C=O) groups is 1. The molecule has 0 aliphatic rings. The van der Waals surface area contributed by atoms with Crippen LogP contribution in [0.1, 0.15) is 38.8 Å². The number of carbonyl (C=O) groups excluding carboxylic acids is 1. The Kier molecular flexibility index (Phi) is 7.03. The van der Waals surface area contributed by atoms with E-state index in [9.17, 15) is 13.2 Å². The fourth-order valence-corrected chi connectivity index (χ4v) is 3.28. The van der Waals surface area contributed by atoms with Crippen LogP contribution < -0.4 is 5.32 Å². The number of nitrogens with one attached hydrogen (secondary N) is 1. The molecule has 0 bridgehead atoms. The van der Waals surface area contributed by atoms with Crippen LogP contribution in [0.15, 0.2) is 30.3 Å². The van der Waals surface area contributed by atoms with Gasteiger partial charge < -0.3 is 5.32 Å². The molecule has 1 aromatic carbocycles. The van der Waals surface area contributed by atoms with Crippen molar-refractivity contribution in [2.24, 2.45) is 5.92 Å². The van der Waals surface area contributed by atoms with E-state index in [1.807, 2.05) is 51.1 Å². The molecule has 6 heteroatoms. The van der Waals surface area contributed by atoms with Gasteiger partial charge in [-0.2, -0.15) is 4.31 Å². The van der Waals surface area contributed by atoms with Crippen molar-refractivity contribution >= 4 is 15.9 Å². The third-order valence-corrected chi connectivity index (χ3v) is 4.76. The largest absolute Gasteiger partial charge is 0.356 e. The van der Waals surface area contributed by atoms with E-state index >= 15 is 0 Å². The fourth-order valence-electron chi connectivity index (χ4n) is 2.16. The van der Waals surface area contributed by atoms with E-state index < -0.39 is 10.0 Å². The van der Waals surface area contributed by atoms with Crippen LogP contribution in [0.4, 0.5) is 0 Å². The molecule has 1 amide bonds. The highest BCUT2D eigenvalue weighted by Gasteiger charge is 2.24. The highest BCUT2D eigenvalue weighted by Crippen LogP contribution is 2.22. The van der Waals surface area contributed by atoms with E-state index in [0.717, 1.165) is 5.56 Å². The van der Waals surface area contributed by atoms with Gasteiger partial charge in [-0.1, -0.05) is 44.2 Å². The highest BCUT2D eigenvalue weighted by molar-refractivity contribution is 7.88. The van der Waals surface area contributed by atoms with Crippen LogP contribution in [0.25, 0.3) is 0 Å². The Balaban J connectivity index is 2.73. The van der Waals surface area contributed by atoms with E-state index in [1.54, 1.807) is 0 Å². The Morgan fingerprint density at radius 1 is 1.18 bits per heavy atom. The lowest BCUT2D eigenvalue weighted by Crippen LogP contribution is -2.37. The minimum absolute atomic E-state index is 0.123. The molecule has 1 atom stereocenters. The molecule has 0 saturated heterocycles. The molecule has 22 heavy (non-hydrogen) atoms. The van der Waals surface area contributed by atoms with Crippen LogP contribution in [-0.4, -0.2) is 38.0 Å². The minimum atomic E-state index is -3.39. The van der Waals surface area contributed by atoms with Crippen LogP contribution in [0, 0.1) is 5.92 Å². The third-order valence-electron chi connectivity index (χ3n) is 3.41. The van der Waals surface area contributed by atoms with E-state index in [1.165, 1.54) is 10.6 Å².